The molecule has 1 aromatic heterocycles. The number of carbonyl (C=O) groups is 3. The predicted molar refractivity (Wildman–Crippen MR) is 124 cm³/mol. The van der Waals surface area contributed by atoms with E-state index in [1.54, 1.807) is 30.0 Å². The number of halogens is 3. The number of aromatic nitrogens is 1. The summed E-state index contributed by atoms with van der Waals surface area (Å²) in [4.78, 5) is 42.4. The van der Waals surface area contributed by atoms with Crippen molar-refractivity contribution in [2.75, 3.05) is 35.2 Å². The summed E-state index contributed by atoms with van der Waals surface area (Å²) in [6.45, 7) is 3.73. The van der Waals surface area contributed by atoms with Crippen molar-refractivity contribution in [2.24, 2.45) is 5.92 Å². The summed E-state index contributed by atoms with van der Waals surface area (Å²) in [5, 5.41) is 8.14. The minimum absolute atomic E-state index is 0.101. The number of alkyl halides is 3. The predicted octanol–water partition coefficient (Wildman–Crippen LogP) is 3.49. The molecule has 0 radical (unpaired) electrons. The average Bonchev–Trinajstić information content (AvgIpc) is 3.13. The van der Waals surface area contributed by atoms with Crippen LogP contribution in [0.1, 0.15) is 30.3 Å². The number of benzene rings is 1. The van der Waals surface area contributed by atoms with Crippen LogP contribution in [0, 0.1) is 12.8 Å². The van der Waals surface area contributed by atoms with Gasteiger partial charge >= 0.3 is 18.0 Å². The molecule has 184 valence electrons. The number of thiazole rings is 1. The van der Waals surface area contributed by atoms with E-state index in [1.165, 1.54) is 24.3 Å². The van der Waals surface area contributed by atoms with Crippen molar-refractivity contribution in [3.05, 3.63) is 34.8 Å². The number of amides is 3. The molecule has 1 atom stereocenters. The lowest BCUT2D eigenvalue weighted by atomic mass is 9.98. The Kier molecular flexibility index (Phi) is 8.13. The van der Waals surface area contributed by atoms with Crippen molar-refractivity contribution in [1.29, 1.82) is 0 Å². The van der Waals surface area contributed by atoms with E-state index in [4.69, 9.17) is 0 Å². The van der Waals surface area contributed by atoms with Crippen LogP contribution in [0.25, 0.3) is 0 Å². The molecule has 0 bridgehead atoms. The number of aryl methyl sites for hydroxylation is 1. The summed E-state index contributed by atoms with van der Waals surface area (Å²) in [6, 6.07) is 6.39. The smallest absolute Gasteiger partial charge is 0.347 e. The minimum atomic E-state index is -4.22. The lowest BCUT2D eigenvalue weighted by Gasteiger charge is -2.33. The molecule has 2 aromatic rings. The minimum Gasteiger partial charge on any atom is -0.347 e. The molecule has 34 heavy (non-hydrogen) atoms. The molecule has 0 unspecified atom stereocenters. The molecule has 2 heterocycles. The molecule has 3 amide bonds. The van der Waals surface area contributed by atoms with Gasteiger partial charge in [0.2, 0.25) is 5.91 Å². The summed E-state index contributed by atoms with van der Waals surface area (Å²) in [5.74, 6) is -3.29. The zero-order valence-corrected chi connectivity index (χ0v) is 19.6. The number of nitrogens with one attached hydrogen (secondary N) is 3. The second-order valence-electron chi connectivity index (χ2n) is 8.05. The van der Waals surface area contributed by atoms with Crippen LogP contribution in [0.5, 0.6) is 0 Å². The van der Waals surface area contributed by atoms with Gasteiger partial charge in [0.25, 0.3) is 0 Å². The molecular weight excluding hydrogens is 471 g/mol. The van der Waals surface area contributed by atoms with E-state index < -0.39 is 23.9 Å². The van der Waals surface area contributed by atoms with Gasteiger partial charge in [-0.05, 0) is 38.0 Å². The fraction of sp³-hybridized carbons (Fsp3) is 0.455. The highest BCUT2D eigenvalue weighted by Gasteiger charge is 2.42. The van der Waals surface area contributed by atoms with Crippen LogP contribution in [0.2, 0.25) is 0 Å². The molecule has 1 aliphatic rings. The summed E-state index contributed by atoms with van der Waals surface area (Å²) >= 11 is 1.31. The highest BCUT2D eigenvalue weighted by atomic mass is 32.1. The van der Waals surface area contributed by atoms with Crippen LogP contribution in [0.3, 0.4) is 0 Å². The van der Waals surface area contributed by atoms with Crippen LogP contribution in [0.4, 0.5) is 29.7 Å². The van der Waals surface area contributed by atoms with Crippen LogP contribution >= 0.6 is 11.3 Å². The van der Waals surface area contributed by atoms with Crippen LogP contribution in [0.15, 0.2) is 24.3 Å². The number of hydrogen-bond donors (Lipinski definition) is 3. The maximum absolute atomic E-state index is 13.1. The van der Waals surface area contributed by atoms with Gasteiger partial charge in [0.1, 0.15) is 0 Å². The molecule has 1 aromatic carbocycles. The van der Waals surface area contributed by atoms with Gasteiger partial charge in [0, 0.05) is 49.2 Å². The molecule has 0 saturated carbocycles. The van der Waals surface area contributed by atoms with Crippen molar-refractivity contribution in [2.45, 2.75) is 39.3 Å². The number of anilines is 3. The van der Waals surface area contributed by atoms with Gasteiger partial charge in [0.15, 0.2) is 5.13 Å². The summed E-state index contributed by atoms with van der Waals surface area (Å²) in [6.07, 6.45) is -3.24. The first-order valence-corrected chi connectivity index (χ1v) is 11.6. The fourth-order valence-electron chi connectivity index (χ4n) is 3.63. The first-order chi connectivity index (χ1) is 16.0. The zero-order chi connectivity index (χ0) is 24.9. The van der Waals surface area contributed by atoms with E-state index in [0.717, 1.165) is 4.88 Å². The average molecular weight is 498 g/mol. The molecule has 3 N–H and O–H groups in total. The van der Waals surface area contributed by atoms with Crippen molar-refractivity contribution < 1.29 is 27.6 Å². The number of nitrogens with zero attached hydrogens (tertiary/aromatic N) is 2. The van der Waals surface area contributed by atoms with Crippen LogP contribution < -0.4 is 20.9 Å². The lowest BCUT2D eigenvalue weighted by molar-refractivity contribution is -0.176. The number of hydrogen-bond acceptors (Lipinski definition) is 6. The second-order valence-corrected chi connectivity index (χ2v) is 9.12. The quantitative estimate of drug-likeness (QED) is 0.531. The number of carbonyl (C=O) groups excluding carboxylic acids is 3. The molecular formula is C22H26F3N5O3S. The van der Waals surface area contributed by atoms with E-state index in [-0.39, 0.29) is 25.4 Å². The van der Waals surface area contributed by atoms with E-state index in [0.29, 0.717) is 41.6 Å². The molecule has 12 heteroatoms. The molecule has 3 rings (SSSR count). The Balaban J connectivity index is 1.50. The Morgan fingerprint density at radius 1 is 1.18 bits per heavy atom. The Morgan fingerprint density at radius 2 is 1.88 bits per heavy atom. The Bertz CT molecular complexity index is 1060. The standard InChI is InChI=1S/C22H26F3N5O3S/c1-13-18(34-21(27-13)30-10-4-5-15(12-30)22(23,24)25)8-9-26-19(32)20(33)29-17-7-3-6-16(11-17)28-14(2)31/h3,6-7,11,15H,4-5,8-10,12H2,1-2H3,(H,26,32)(H,28,31)(H,29,33)/t15-/m0/s1. The molecule has 0 aliphatic carbocycles. The number of piperidine rings is 1. The monoisotopic (exact) mass is 497 g/mol. The van der Waals surface area contributed by atoms with E-state index in [2.05, 4.69) is 20.9 Å². The van der Waals surface area contributed by atoms with Crippen molar-refractivity contribution >= 4 is 45.6 Å². The Labute approximate surface area is 198 Å². The van der Waals surface area contributed by atoms with Crippen molar-refractivity contribution in [1.82, 2.24) is 10.3 Å². The van der Waals surface area contributed by atoms with Gasteiger partial charge < -0.3 is 20.9 Å². The van der Waals surface area contributed by atoms with Gasteiger partial charge in [-0.1, -0.05) is 6.07 Å². The van der Waals surface area contributed by atoms with E-state index >= 15 is 0 Å². The van der Waals surface area contributed by atoms with Crippen LogP contribution in [-0.2, 0) is 20.8 Å². The lowest BCUT2D eigenvalue weighted by Crippen LogP contribution is -2.41. The molecule has 1 saturated heterocycles. The topological polar surface area (TPSA) is 103 Å². The summed E-state index contributed by atoms with van der Waals surface area (Å²) in [7, 11) is 0. The van der Waals surface area contributed by atoms with Gasteiger partial charge in [-0.2, -0.15) is 13.2 Å². The van der Waals surface area contributed by atoms with Crippen molar-refractivity contribution in [3.63, 3.8) is 0 Å². The third-order valence-corrected chi connectivity index (χ3v) is 6.60. The van der Waals surface area contributed by atoms with Crippen molar-refractivity contribution in [3.8, 4) is 0 Å². The molecule has 1 aliphatic heterocycles. The first-order valence-electron chi connectivity index (χ1n) is 10.8. The Morgan fingerprint density at radius 3 is 2.56 bits per heavy atom. The fourth-order valence-corrected chi connectivity index (χ4v) is 4.73. The maximum atomic E-state index is 13.1. The summed E-state index contributed by atoms with van der Waals surface area (Å²) in [5.41, 5.74) is 1.54. The van der Waals surface area contributed by atoms with Gasteiger partial charge in [-0.25, -0.2) is 4.98 Å². The largest absolute Gasteiger partial charge is 0.393 e. The Hall–Kier alpha value is -3.15. The zero-order valence-electron chi connectivity index (χ0n) is 18.8. The third kappa shape index (κ3) is 6.92. The SMILES string of the molecule is CC(=O)Nc1cccc(NC(=O)C(=O)NCCc2sc(N3CCC[C@H](C(F)(F)F)C3)nc2C)c1. The van der Waals surface area contributed by atoms with E-state index in [1.807, 2.05) is 0 Å². The highest BCUT2D eigenvalue weighted by molar-refractivity contribution is 7.15. The van der Waals surface area contributed by atoms with Gasteiger partial charge in [-0.3, -0.25) is 14.4 Å². The molecule has 0 spiro atoms. The molecule has 8 nitrogen and oxygen atoms in total. The first kappa shape index (κ1) is 25.5. The normalized spacial score (nSPS) is 16.1. The van der Waals surface area contributed by atoms with E-state index in [9.17, 15) is 27.6 Å². The van der Waals surface area contributed by atoms with Crippen LogP contribution in [-0.4, -0.2) is 48.5 Å². The third-order valence-electron chi connectivity index (χ3n) is 5.32. The molecule has 1 fully saturated rings. The second kappa shape index (κ2) is 10.9. The summed E-state index contributed by atoms with van der Waals surface area (Å²) < 4.78 is 39.3. The maximum Gasteiger partial charge on any atom is 0.393 e. The van der Waals surface area contributed by atoms with Gasteiger partial charge in [-0.15, -0.1) is 11.3 Å². The highest BCUT2D eigenvalue weighted by Crippen LogP contribution is 2.36. The van der Waals surface area contributed by atoms with Gasteiger partial charge in [0.05, 0.1) is 11.6 Å². The number of rotatable bonds is 6.